The molecule has 1 amide bonds. The van der Waals surface area contributed by atoms with Crippen molar-refractivity contribution in [3.8, 4) is 16.9 Å². The van der Waals surface area contributed by atoms with Crippen LogP contribution in [0.1, 0.15) is 34.5 Å². The number of hydrogen-bond acceptors (Lipinski definition) is 5. The van der Waals surface area contributed by atoms with Crippen LogP contribution in [0, 0.1) is 5.82 Å². The highest BCUT2D eigenvalue weighted by Gasteiger charge is 2.25. The number of benzene rings is 3. The molecule has 6 nitrogen and oxygen atoms in total. The average molecular weight is 500 g/mol. The molecule has 0 N–H and O–H groups in total. The van der Waals surface area contributed by atoms with Gasteiger partial charge in [-0.3, -0.25) is 9.69 Å². The van der Waals surface area contributed by atoms with E-state index in [2.05, 4.69) is 22.2 Å². The normalized spacial score (nSPS) is 14.2. The summed E-state index contributed by atoms with van der Waals surface area (Å²) in [6.07, 6.45) is 3.21. The van der Waals surface area contributed by atoms with E-state index >= 15 is 0 Å². The second-order valence-corrected chi connectivity index (χ2v) is 9.51. The van der Waals surface area contributed by atoms with Crippen molar-refractivity contribution in [3.05, 3.63) is 108 Å². The summed E-state index contributed by atoms with van der Waals surface area (Å²) in [5, 5.41) is 3.97. The lowest BCUT2D eigenvalue weighted by Gasteiger charge is -2.32. The van der Waals surface area contributed by atoms with E-state index in [0.717, 1.165) is 47.5 Å². The highest BCUT2D eigenvalue weighted by atomic mass is 19.1. The molecule has 3 aromatic carbocycles. The number of amides is 1. The van der Waals surface area contributed by atoms with E-state index in [0.29, 0.717) is 25.2 Å². The standard InChI is InChI=1S/C30H30FN3O3/c1-33(21-27-14-17-36-32-27)20-22-4-2-7-29(18-22)37-28-12-15-34(16-13-28)30(35)25-6-3-5-24(19-25)23-8-10-26(31)11-9-23/h2-11,14,17-19,28H,12-13,15-16,20-21H2,1H3. The van der Waals surface area contributed by atoms with E-state index < -0.39 is 0 Å². The first kappa shape index (κ1) is 24.7. The summed E-state index contributed by atoms with van der Waals surface area (Å²) in [6, 6.07) is 23.9. The predicted molar refractivity (Wildman–Crippen MR) is 140 cm³/mol. The van der Waals surface area contributed by atoms with E-state index in [1.807, 2.05) is 54.4 Å². The second-order valence-electron chi connectivity index (χ2n) is 9.51. The Morgan fingerprint density at radius 2 is 1.78 bits per heavy atom. The van der Waals surface area contributed by atoms with Crippen LogP contribution >= 0.6 is 0 Å². The van der Waals surface area contributed by atoms with Gasteiger partial charge in [-0.1, -0.05) is 41.6 Å². The number of aromatic nitrogens is 1. The fraction of sp³-hybridized carbons (Fsp3) is 0.267. The molecule has 0 saturated carbocycles. The van der Waals surface area contributed by atoms with Gasteiger partial charge in [0.25, 0.3) is 5.91 Å². The number of piperidine rings is 1. The lowest BCUT2D eigenvalue weighted by atomic mass is 10.0. The van der Waals surface area contributed by atoms with Gasteiger partial charge < -0.3 is 14.2 Å². The monoisotopic (exact) mass is 499 g/mol. The SMILES string of the molecule is CN(Cc1cccc(OC2CCN(C(=O)c3cccc(-c4ccc(F)cc4)c3)CC2)c1)Cc1ccon1. The molecule has 5 rings (SSSR count). The number of likely N-dealkylation sites (tertiary alicyclic amines) is 1. The lowest BCUT2D eigenvalue weighted by molar-refractivity contribution is 0.0595. The van der Waals surface area contributed by atoms with Gasteiger partial charge in [0, 0.05) is 50.7 Å². The first-order valence-electron chi connectivity index (χ1n) is 12.5. The summed E-state index contributed by atoms with van der Waals surface area (Å²) < 4.78 is 24.5. The van der Waals surface area contributed by atoms with Gasteiger partial charge in [0.05, 0.1) is 5.69 Å². The fourth-order valence-corrected chi connectivity index (χ4v) is 4.71. The molecule has 37 heavy (non-hydrogen) atoms. The Labute approximate surface area is 216 Å². The molecule has 190 valence electrons. The Morgan fingerprint density at radius 1 is 1.00 bits per heavy atom. The lowest BCUT2D eigenvalue weighted by Crippen LogP contribution is -2.41. The zero-order valence-corrected chi connectivity index (χ0v) is 20.8. The third kappa shape index (κ3) is 6.43. The highest BCUT2D eigenvalue weighted by molar-refractivity contribution is 5.95. The Bertz CT molecular complexity index is 1320. The van der Waals surface area contributed by atoms with Crippen LogP contribution in [0.3, 0.4) is 0 Å². The maximum Gasteiger partial charge on any atom is 0.253 e. The number of ether oxygens (including phenoxy) is 1. The number of hydrogen-bond donors (Lipinski definition) is 0. The van der Waals surface area contributed by atoms with Crippen molar-refractivity contribution in [1.82, 2.24) is 15.0 Å². The van der Waals surface area contributed by atoms with E-state index in [-0.39, 0.29) is 17.8 Å². The molecule has 0 radical (unpaired) electrons. The molecule has 0 unspecified atom stereocenters. The van der Waals surface area contributed by atoms with E-state index in [4.69, 9.17) is 9.26 Å². The molecule has 1 aromatic heterocycles. The quantitative estimate of drug-likeness (QED) is 0.307. The molecule has 1 aliphatic heterocycles. The van der Waals surface area contributed by atoms with Crippen molar-refractivity contribution < 1.29 is 18.4 Å². The van der Waals surface area contributed by atoms with Crippen LogP contribution in [0.2, 0.25) is 0 Å². The summed E-state index contributed by atoms with van der Waals surface area (Å²) in [5.41, 5.74) is 4.49. The molecule has 0 atom stereocenters. The van der Waals surface area contributed by atoms with Crippen molar-refractivity contribution in [3.63, 3.8) is 0 Å². The molecule has 0 bridgehead atoms. The Balaban J connectivity index is 1.14. The Morgan fingerprint density at radius 3 is 2.54 bits per heavy atom. The maximum absolute atomic E-state index is 13.3. The predicted octanol–water partition coefficient (Wildman–Crippen LogP) is 5.80. The first-order chi connectivity index (χ1) is 18.0. The van der Waals surface area contributed by atoms with Gasteiger partial charge in [-0.2, -0.15) is 0 Å². The van der Waals surface area contributed by atoms with Gasteiger partial charge >= 0.3 is 0 Å². The van der Waals surface area contributed by atoms with Gasteiger partial charge in [-0.15, -0.1) is 0 Å². The van der Waals surface area contributed by atoms with Crippen LogP contribution < -0.4 is 4.74 Å². The zero-order chi connectivity index (χ0) is 25.6. The minimum Gasteiger partial charge on any atom is -0.490 e. The van der Waals surface area contributed by atoms with Crippen LogP contribution in [0.4, 0.5) is 4.39 Å². The van der Waals surface area contributed by atoms with E-state index in [1.165, 1.54) is 12.1 Å². The van der Waals surface area contributed by atoms with Crippen molar-refractivity contribution >= 4 is 5.91 Å². The van der Waals surface area contributed by atoms with Gasteiger partial charge in [0.1, 0.15) is 23.9 Å². The molecule has 0 aliphatic carbocycles. The fourth-order valence-electron chi connectivity index (χ4n) is 4.71. The van der Waals surface area contributed by atoms with Gasteiger partial charge in [-0.25, -0.2) is 4.39 Å². The molecular formula is C30H30FN3O3. The van der Waals surface area contributed by atoms with E-state index in [1.54, 1.807) is 18.4 Å². The van der Waals surface area contributed by atoms with Crippen LogP contribution in [-0.4, -0.2) is 47.1 Å². The van der Waals surface area contributed by atoms with Crippen LogP contribution in [0.5, 0.6) is 5.75 Å². The summed E-state index contributed by atoms with van der Waals surface area (Å²) in [7, 11) is 2.05. The second kappa shape index (κ2) is 11.4. The highest BCUT2D eigenvalue weighted by Crippen LogP contribution is 2.24. The first-order valence-corrected chi connectivity index (χ1v) is 12.5. The van der Waals surface area contributed by atoms with Gasteiger partial charge in [-0.05, 0) is 60.1 Å². The number of nitrogens with zero attached hydrogens (tertiary/aromatic N) is 3. The summed E-state index contributed by atoms with van der Waals surface area (Å²) >= 11 is 0. The summed E-state index contributed by atoms with van der Waals surface area (Å²) in [5.74, 6) is 0.590. The molecule has 1 saturated heterocycles. The van der Waals surface area contributed by atoms with Crippen molar-refractivity contribution in [1.29, 1.82) is 0 Å². The molecule has 2 heterocycles. The number of carbonyl (C=O) groups is 1. The molecular weight excluding hydrogens is 469 g/mol. The third-order valence-electron chi connectivity index (χ3n) is 6.59. The summed E-state index contributed by atoms with van der Waals surface area (Å²) in [6.45, 7) is 2.77. The molecule has 1 aliphatic rings. The van der Waals surface area contributed by atoms with Crippen molar-refractivity contribution in [2.75, 3.05) is 20.1 Å². The smallest absolute Gasteiger partial charge is 0.253 e. The number of halogens is 1. The largest absolute Gasteiger partial charge is 0.490 e. The number of carbonyl (C=O) groups excluding carboxylic acids is 1. The molecule has 7 heteroatoms. The van der Waals surface area contributed by atoms with Crippen molar-refractivity contribution in [2.24, 2.45) is 0 Å². The van der Waals surface area contributed by atoms with E-state index in [9.17, 15) is 9.18 Å². The Kier molecular flexibility index (Phi) is 7.61. The number of rotatable bonds is 8. The van der Waals surface area contributed by atoms with Crippen LogP contribution in [-0.2, 0) is 13.1 Å². The minimum atomic E-state index is -0.275. The Hall–Kier alpha value is -3.97. The molecule has 1 fully saturated rings. The third-order valence-corrected chi connectivity index (χ3v) is 6.59. The zero-order valence-electron chi connectivity index (χ0n) is 20.8. The molecule has 4 aromatic rings. The summed E-state index contributed by atoms with van der Waals surface area (Å²) in [4.78, 5) is 17.2. The van der Waals surface area contributed by atoms with Gasteiger partial charge in [0.2, 0.25) is 0 Å². The maximum atomic E-state index is 13.3. The van der Waals surface area contributed by atoms with Crippen molar-refractivity contribution in [2.45, 2.75) is 32.0 Å². The topological polar surface area (TPSA) is 58.8 Å². The molecule has 0 spiro atoms. The minimum absolute atomic E-state index is 0.0135. The van der Waals surface area contributed by atoms with Crippen LogP contribution in [0.15, 0.2) is 89.6 Å². The average Bonchev–Trinajstić information content (AvgIpc) is 3.42. The van der Waals surface area contributed by atoms with Gasteiger partial charge in [0.15, 0.2) is 0 Å². The van der Waals surface area contributed by atoms with Crippen LogP contribution in [0.25, 0.3) is 11.1 Å².